The summed E-state index contributed by atoms with van der Waals surface area (Å²) >= 11 is 10.8. The van der Waals surface area contributed by atoms with E-state index in [2.05, 4.69) is 0 Å². The van der Waals surface area contributed by atoms with Crippen LogP contribution in [-0.4, -0.2) is 23.2 Å². The van der Waals surface area contributed by atoms with Crippen molar-refractivity contribution in [2.75, 3.05) is 18.1 Å². The molecule has 76 valence electrons. The van der Waals surface area contributed by atoms with Gasteiger partial charge in [0.25, 0.3) is 0 Å². The van der Waals surface area contributed by atoms with E-state index in [9.17, 15) is 0 Å². The Balaban J connectivity index is 2.89. The van der Waals surface area contributed by atoms with Gasteiger partial charge in [-0.3, -0.25) is 0 Å². The van der Waals surface area contributed by atoms with Crippen LogP contribution in [0.25, 0.3) is 0 Å². The Morgan fingerprint density at radius 3 is 2.43 bits per heavy atom. The standard InChI is InChI=1S/C10H12ClNOS/c1-2-12(10(14)7-13)9-5-3-8(11)4-6-9/h3-6,13H,2,7H2,1H3. The summed E-state index contributed by atoms with van der Waals surface area (Å²) in [7, 11) is 0. The number of aliphatic hydroxyl groups excluding tert-OH is 1. The van der Waals surface area contributed by atoms with Gasteiger partial charge >= 0.3 is 0 Å². The highest BCUT2D eigenvalue weighted by Crippen LogP contribution is 2.18. The molecule has 0 aliphatic carbocycles. The molecular weight excluding hydrogens is 218 g/mol. The molecule has 0 atom stereocenters. The molecule has 0 aliphatic rings. The quantitative estimate of drug-likeness (QED) is 0.806. The molecule has 0 spiro atoms. The number of halogens is 1. The summed E-state index contributed by atoms with van der Waals surface area (Å²) in [5, 5.41) is 9.64. The summed E-state index contributed by atoms with van der Waals surface area (Å²) in [4.78, 5) is 2.39. The number of nitrogens with zero attached hydrogens (tertiary/aromatic N) is 1. The van der Waals surface area contributed by atoms with Crippen LogP contribution in [0, 0.1) is 0 Å². The van der Waals surface area contributed by atoms with E-state index in [0.29, 0.717) is 10.0 Å². The van der Waals surface area contributed by atoms with Gasteiger partial charge in [0, 0.05) is 17.3 Å². The Morgan fingerprint density at radius 1 is 1.43 bits per heavy atom. The third kappa shape index (κ3) is 2.67. The highest BCUT2D eigenvalue weighted by Gasteiger charge is 2.08. The SMILES string of the molecule is CCN(C(=S)CO)c1ccc(Cl)cc1. The molecule has 0 aromatic heterocycles. The molecule has 0 saturated heterocycles. The fourth-order valence-corrected chi connectivity index (χ4v) is 1.57. The number of benzene rings is 1. The van der Waals surface area contributed by atoms with Crippen LogP contribution >= 0.6 is 23.8 Å². The molecule has 0 saturated carbocycles. The van der Waals surface area contributed by atoms with Crippen LogP contribution in [0.3, 0.4) is 0 Å². The first-order valence-electron chi connectivity index (χ1n) is 4.35. The number of thiocarbonyl (C=S) groups is 1. The number of rotatable bonds is 3. The van der Waals surface area contributed by atoms with E-state index < -0.39 is 0 Å². The lowest BCUT2D eigenvalue weighted by atomic mass is 10.3. The minimum absolute atomic E-state index is 0.105. The Morgan fingerprint density at radius 2 is 2.00 bits per heavy atom. The predicted octanol–water partition coefficient (Wildman–Crippen LogP) is 2.49. The Labute approximate surface area is 94.1 Å². The van der Waals surface area contributed by atoms with Crippen molar-refractivity contribution in [1.82, 2.24) is 0 Å². The van der Waals surface area contributed by atoms with Crippen molar-refractivity contribution >= 4 is 34.5 Å². The van der Waals surface area contributed by atoms with E-state index in [1.807, 2.05) is 24.0 Å². The minimum Gasteiger partial charge on any atom is -0.389 e. The molecule has 1 aromatic carbocycles. The molecule has 0 fully saturated rings. The molecule has 1 N–H and O–H groups in total. The zero-order valence-corrected chi connectivity index (χ0v) is 9.48. The van der Waals surface area contributed by atoms with Crippen molar-refractivity contribution < 1.29 is 5.11 Å². The Hall–Kier alpha value is -0.640. The van der Waals surface area contributed by atoms with Gasteiger partial charge < -0.3 is 10.0 Å². The molecular formula is C10H12ClNOS. The fraction of sp³-hybridized carbons (Fsp3) is 0.300. The third-order valence-corrected chi connectivity index (χ3v) is 2.49. The fourth-order valence-electron chi connectivity index (χ4n) is 1.21. The highest BCUT2D eigenvalue weighted by atomic mass is 35.5. The maximum absolute atomic E-state index is 8.94. The van der Waals surface area contributed by atoms with E-state index in [1.54, 1.807) is 12.1 Å². The maximum atomic E-state index is 8.94. The summed E-state index contributed by atoms with van der Waals surface area (Å²) in [6, 6.07) is 7.38. The summed E-state index contributed by atoms with van der Waals surface area (Å²) < 4.78 is 0. The van der Waals surface area contributed by atoms with E-state index in [1.165, 1.54) is 0 Å². The van der Waals surface area contributed by atoms with Gasteiger partial charge in [-0.25, -0.2) is 0 Å². The zero-order valence-electron chi connectivity index (χ0n) is 7.90. The monoisotopic (exact) mass is 229 g/mol. The van der Waals surface area contributed by atoms with Crippen LogP contribution in [0.2, 0.25) is 5.02 Å². The first-order chi connectivity index (χ1) is 6.69. The normalized spacial score (nSPS) is 9.93. The molecule has 0 amide bonds. The van der Waals surface area contributed by atoms with Crippen LogP contribution in [0.4, 0.5) is 5.69 Å². The van der Waals surface area contributed by atoms with Gasteiger partial charge in [-0.2, -0.15) is 0 Å². The van der Waals surface area contributed by atoms with Gasteiger partial charge in [-0.05, 0) is 31.2 Å². The summed E-state index contributed by atoms with van der Waals surface area (Å²) in [5.74, 6) is 0. The van der Waals surface area contributed by atoms with Gasteiger partial charge in [0.2, 0.25) is 0 Å². The van der Waals surface area contributed by atoms with Gasteiger partial charge in [-0.1, -0.05) is 23.8 Å². The highest BCUT2D eigenvalue weighted by molar-refractivity contribution is 7.80. The lowest BCUT2D eigenvalue weighted by Crippen LogP contribution is -2.31. The molecule has 2 nitrogen and oxygen atoms in total. The van der Waals surface area contributed by atoms with Gasteiger partial charge in [0.1, 0.15) is 4.99 Å². The van der Waals surface area contributed by atoms with E-state index in [4.69, 9.17) is 28.9 Å². The summed E-state index contributed by atoms with van der Waals surface area (Å²) in [6.07, 6.45) is 0. The van der Waals surface area contributed by atoms with Crippen molar-refractivity contribution in [2.24, 2.45) is 0 Å². The summed E-state index contributed by atoms with van der Waals surface area (Å²) in [5.41, 5.74) is 0.955. The number of hydrogen-bond acceptors (Lipinski definition) is 2. The average molecular weight is 230 g/mol. The second-order valence-electron chi connectivity index (χ2n) is 2.77. The molecule has 1 aromatic rings. The maximum Gasteiger partial charge on any atom is 0.108 e. The Kier molecular flexibility index (Phi) is 4.32. The lowest BCUT2D eigenvalue weighted by Gasteiger charge is -2.22. The van der Waals surface area contributed by atoms with Gasteiger partial charge in [-0.15, -0.1) is 0 Å². The molecule has 14 heavy (non-hydrogen) atoms. The van der Waals surface area contributed by atoms with Gasteiger partial charge in [0.05, 0.1) is 6.61 Å². The van der Waals surface area contributed by atoms with E-state index in [0.717, 1.165) is 12.2 Å². The first-order valence-corrected chi connectivity index (χ1v) is 5.14. The number of hydrogen-bond donors (Lipinski definition) is 1. The largest absolute Gasteiger partial charge is 0.389 e. The smallest absolute Gasteiger partial charge is 0.108 e. The lowest BCUT2D eigenvalue weighted by molar-refractivity contribution is 0.357. The van der Waals surface area contributed by atoms with Crippen LogP contribution in [0.1, 0.15) is 6.92 Å². The molecule has 0 radical (unpaired) electrons. The molecule has 0 bridgehead atoms. The first kappa shape index (κ1) is 11.4. The zero-order chi connectivity index (χ0) is 10.6. The molecule has 4 heteroatoms. The third-order valence-electron chi connectivity index (χ3n) is 1.89. The molecule has 0 heterocycles. The Bertz CT molecular complexity index is 312. The van der Waals surface area contributed by atoms with E-state index in [-0.39, 0.29) is 6.61 Å². The van der Waals surface area contributed by atoms with Crippen molar-refractivity contribution in [1.29, 1.82) is 0 Å². The molecule has 0 aliphatic heterocycles. The minimum atomic E-state index is -0.105. The van der Waals surface area contributed by atoms with Crippen LogP contribution in [0.5, 0.6) is 0 Å². The van der Waals surface area contributed by atoms with Crippen molar-refractivity contribution in [3.05, 3.63) is 29.3 Å². The summed E-state index contributed by atoms with van der Waals surface area (Å²) in [6.45, 7) is 2.61. The number of aliphatic hydroxyl groups is 1. The molecule has 1 rings (SSSR count). The molecule has 0 unspecified atom stereocenters. The van der Waals surface area contributed by atoms with Crippen molar-refractivity contribution in [3.63, 3.8) is 0 Å². The predicted molar refractivity (Wildman–Crippen MR) is 64.2 cm³/mol. The number of likely N-dealkylation sites (N-methyl/N-ethyl adjacent to an activating group) is 1. The second-order valence-corrected chi connectivity index (χ2v) is 3.68. The van der Waals surface area contributed by atoms with Gasteiger partial charge in [0.15, 0.2) is 0 Å². The van der Waals surface area contributed by atoms with Crippen molar-refractivity contribution in [3.8, 4) is 0 Å². The van der Waals surface area contributed by atoms with Crippen LogP contribution < -0.4 is 4.90 Å². The second kappa shape index (κ2) is 5.29. The van der Waals surface area contributed by atoms with Crippen molar-refractivity contribution in [2.45, 2.75) is 6.92 Å². The topological polar surface area (TPSA) is 23.5 Å². The van der Waals surface area contributed by atoms with Crippen LogP contribution in [0.15, 0.2) is 24.3 Å². The number of anilines is 1. The van der Waals surface area contributed by atoms with Crippen LogP contribution in [-0.2, 0) is 0 Å². The average Bonchev–Trinajstić information content (AvgIpc) is 2.21. The van der Waals surface area contributed by atoms with E-state index >= 15 is 0 Å².